The summed E-state index contributed by atoms with van der Waals surface area (Å²) in [5.74, 6) is 0.712. The minimum absolute atomic E-state index is 0.711. The lowest BCUT2D eigenvalue weighted by molar-refractivity contribution is 0.737. The fourth-order valence-corrected chi connectivity index (χ4v) is 1.87. The van der Waals surface area contributed by atoms with Crippen LogP contribution in [0.15, 0.2) is 23.3 Å². The summed E-state index contributed by atoms with van der Waals surface area (Å²) < 4.78 is 0.711. The predicted molar refractivity (Wildman–Crippen MR) is 54.5 cm³/mol. The van der Waals surface area contributed by atoms with E-state index >= 15 is 0 Å². The number of hydrogen-bond acceptors (Lipinski definition) is 0. The molecule has 0 aromatic carbocycles. The molecule has 10 heavy (non-hydrogen) atoms. The quantitative estimate of drug-likeness (QED) is 0.455. The number of allylic oxidation sites excluding steroid dienone is 4. The van der Waals surface area contributed by atoms with Gasteiger partial charge in [0.05, 0.1) is 0 Å². The van der Waals surface area contributed by atoms with Crippen LogP contribution < -0.4 is 0 Å². The Morgan fingerprint density at radius 1 is 1.40 bits per heavy atom. The zero-order valence-electron chi connectivity index (χ0n) is 6.69. The number of halogens is 1. The average Bonchev–Trinajstić information content (AvgIpc) is 1.93. The first-order valence-electron chi connectivity index (χ1n) is 3.62. The van der Waals surface area contributed by atoms with Gasteiger partial charge in [0.2, 0.25) is 0 Å². The lowest BCUT2D eigenvalue weighted by atomic mass is 9.93. The number of alkyl halides is 1. The third-order valence-electron chi connectivity index (χ3n) is 2.15. The molecule has 0 saturated carbocycles. The van der Waals surface area contributed by atoms with Crippen molar-refractivity contribution in [1.82, 2.24) is 0 Å². The third kappa shape index (κ3) is 1.44. The maximum Gasteiger partial charge on any atom is 0.0381 e. The smallest absolute Gasteiger partial charge is 0.0381 e. The van der Waals surface area contributed by atoms with Crippen LogP contribution in [0.3, 0.4) is 0 Å². The molecule has 0 radical (unpaired) electrons. The van der Waals surface area contributed by atoms with E-state index in [1.54, 1.807) is 0 Å². The predicted octanol–water partition coefficient (Wildman–Crippen LogP) is 3.33. The summed E-state index contributed by atoms with van der Waals surface area (Å²) in [7, 11) is 0. The standard InChI is InChI=1S/C9H13I/c1-6-4-5-7(2)9(10)8(6)3/h4-5,7,9H,1-3H3/t7?,9-/m0/s1. The maximum absolute atomic E-state index is 2.51. The van der Waals surface area contributed by atoms with Gasteiger partial charge in [0, 0.05) is 3.92 Å². The molecule has 0 nitrogen and oxygen atoms in total. The number of rotatable bonds is 0. The molecule has 0 amide bonds. The largest absolute Gasteiger partial charge is 0.0801 e. The van der Waals surface area contributed by atoms with Crippen molar-refractivity contribution in [3.8, 4) is 0 Å². The SMILES string of the molecule is CC1=C(C)[C@@H](I)C(C)C=C1. The van der Waals surface area contributed by atoms with Crippen LogP contribution in [0.1, 0.15) is 20.8 Å². The molecule has 0 heterocycles. The molecule has 0 saturated heterocycles. The van der Waals surface area contributed by atoms with Gasteiger partial charge in [-0.1, -0.05) is 52.8 Å². The van der Waals surface area contributed by atoms with Crippen LogP contribution in [-0.4, -0.2) is 3.92 Å². The van der Waals surface area contributed by atoms with Crippen molar-refractivity contribution < 1.29 is 0 Å². The summed E-state index contributed by atoms with van der Waals surface area (Å²) in [6, 6.07) is 0. The molecule has 1 unspecified atom stereocenters. The Bertz CT molecular complexity index is 189. The van der Waals surface area contributed by atoms with Crippen LogP contribution in [0.4, 0.5) is 0 Å². The van der Waals surface area contributed by atoms with Gasteiger partial charge in [0.25, 0.3) is 0 Å². The van der Waals surface area contributed by atoms with Gasteiger partial charge in [-0.05, 0) is 19.8 Å². The Balaban J connectivity index is 2.88. The highest BCUT2D eigenvalue weighted by Crippen LogP contribution is 2.29. The average molecular weight is 248 g/mol. The van der Waals surface area contributed by atoms with Gasteiger partial charge in [-0.15, -0.1) is 0 Å². The highest BCUT2D eigenvalue weighted by molar-refractivity contribution is 14.1. The van der Waals surface area contributed by atoms with E-state index < -0.39 is 0 Å². The molecule has 1 rings (SSSR count). The Hall–Kier alpha value is 0.210. The molecule has 56 valence electrons. The minimum Gasteiger partial charge on any atom is -0.0801 e. The molecule has 0 bridgehead atoms. The second-order valence-corrected chi connectivity index (χ2v) is 4.33. The highest BCUT2D eigenvalue weighted by atomic mass is 127. The molecular formula is C9H13I. The van der Waals surface area contributed by atoms with Crippen molar-refractivity contribution >= 4 is 22.6 Å². The summed E-state index contributed by atoms with van der Waals surface area (Å²) in [6.45, 7) is 6.68. The van der Waals surface area contributed by atoms with Crippen LogP contribution in [0.2, 0.25) is 0 Å². The van der Waals surface area contributed by atoms with Crippen molar-refractivity contribution in [3.05, 3.63) is 23.3 Å². The molecule has 0 aliphatic heterocycles. The Morgan fingerprint density at radius 2 is 2.00 bits per heavy atom. The van der Waals surface area contributed by atoms with Crippen LogP contribution >= 0.6 is 22.6 Å². The fourth-order valence-electron chi connectivity index (χ4n) is 1.14. The van der Waals surface area contributed by atoms with Crippen LogP contribution in [-0.2, 0) is 0 Å². The Kier molecular flexibility index (Phi) is 2.55. The normalized spacial score (nSPS) is 33.2. The second-order valence-electron chi connectivity index (χ2n) is 2.99. The van der Waals surface area contributed by atoms with Gasteiger partial charge in [-0.2, -0.15) is 0 Å². The minimum atomic E-state index is 0.711. The zero-order valence-corrected chi connectivity index (χ0v) is 8.84. The highest BCUT2D eigenvalue weighted by Gasteiger charge is 2.17. The molecule has 1 aliphatic rings. The first-order valence-corrected chi connectivity index (χ1v) is 4.87. The van der Waals surface area contributed by atoms with Crippen LogP contribution in [0, 0.1) is 5.92 Å². The summed E-state index contributed by atoms with van der Waals surface area (Å²) in [5.41, 5.74) is 2.98. The van der Waals surface area contributed by atoms with E-state index in [1.165, 1.54) is 11.1 Å². The maximum atomic E-state index is 2.51. The first kappa shape index (κ1) is 8.31. The summed E-state index contributed by atoms with van der Waals surface area (Å²) in [5, 5.41) is 0. The summed E-state index contributed by atoms with van der Waals surface area (Å²) in [6.07, 6.45) is 4.52. The van der Waals surface area contributed by atoms with Gasteiger partial charge in [0.15, 0.2) is 0 Å². The van der Waals surface area contributed by atoms with E-state index in [0.29, 0.717) is 9.84 Å². The Labute approximate surface area is 76.5 Å². The van der Waals surface area contributed by atoms with Gasteiger partial charge in [0.1, 0.15) is 0 Å². The van der Waals surface area contributed by atoms with Crippen molar-refractivity contribution in [3.63, 3.8) is 0 Å². The molecule has 0 fully saturated rings. The molecule has 0 spiro atoms. The van der Waals surface area contributed by atoms with Gasteiger partial charge in [-0.3, -0.25) is 0 Å². The fraction of sp³-hybridized carbons (Fsp3) is 0.556. The second kappa shape index (κ2) is 3.07. The van der Waals surface area contributed by atoms with Crippen molar-refractivity contribution in [2.45, 2.75) is 24.7 Å². The first-order chi connectivity index (χ1) is 4.63. The van der Waals surface area contributed by atoms with E-state index in [2.05, 4.69) is 55.5 Å². The van der Waals surface area contributed by atoms with Gasteiger partial charge >= 0.3 is 0 Å². The molecule has 2 atom stereocenters. The Morgan fingerprint density at radius 3 is 2.50 bits per heavy atom. The molecule has 0 aromatic heterocycles. The third-order valence-corrected chi connectivity index (χ3v) is 4.22. The zero-order chi connectivity index (χ0) is 7.72. The molecule has 0 aromatic rings. The van der Waals surface area contributed by atoms with Crippen molar-refractivity contribution in [2.75, 3.05) is 0 Å². The van der Waals surface area contributed by atoms with E-state index in [1.807, 2.05) is 0 Å². The van der Waals surface area contributed by atoms with Crippen LogP contribution in [0.25, 0.3) is 0 Å². The van der Waals surface area contributed by atoms with E-state index in [0.717, 1.165) is 0 Å². The van der Waals surface area contributed by atoms with E-state index in [-0.39, 0.29) is 0 Å². The number of hydrogen-bond donors (Lipinski definition) is 0. The lowest BCUT2D eigenvalue weighted by Gasteiger charge is -2.21. The molecule has 1 aliphatic carbocycles. The lowest BCUT2D eigenvalue weighted by Crippen LogP contribution is -2.13. The van der Waals surface area contributed by atoms with Crippen molar-refractivity contribution in [2.24, 2.45) is 5.92 Å². The van der Waals surface area contributed by atoms with E-state index in [4.69, 9.17) is 0 Å². The van der Waals surface area contributed by atoms with Crippen molar-refractivity contribution in [1.29, 1.82) is 0 Å². The summed E-state index contributed by atoms with van der Waals surface area (Å²) >= 11 is 2.51. The molecule has 1 heteroatoms. The van der Waals surface area contributed by atoms with E-state index in [9.17, 15) is 0 Å². The topological polar surface area (TPSA) is 0 Å². The van der Waals surface area contributed by atoms with Crippen LogP contribution in [0.5, 0.6) is 0 Å². The molecular weight excluding hydrogens is 235 g/mol. The molecule has 0 N–H and O–H groups in total. The monoisotopic (exact) mass is 248 g/mol. The van der Waals surface area contributed by atoms with Gasteiger partial charge < -0.3 is 0 Å². The van der Waals surface area contributed by atoms with Gasteiger partial charge in [-0.25, -0.2) is 0 Å². The summed E-state index contributed by atoms with van der Waals surface area (Å²) in [4.78, 5) is 0.